The van der Waals surface area contributed by atoms with Gasteiger partial charge in [-0.3, -0.25) is 14.3 Å². The number of carbonyl (C=O) groups is 2. The molecule has 152 valence electrons. The highest BCUT2D eigenvalue weighted by molar-refractivity contribution is 7.20. The minimum Gasteiger partial charge on any atom is -0.497 e. The first-order valence-electron chi connectivity index (χ1n) is 9.74. The highest BCUT2D eigenvalue weighted by Gasteiger charge is 2.20. The van der Waals surface area contributed by atoms with Crippen LogP contribution >= 0.6 is 11.3 Å². The maximum atomic E-state index is 12.6. The second kappa shape index (κ2) is 8.24. The normalized spacial score (nSPS) is 14.0. The smallest absolute Gasteiger partial charge is 0.261 e. The minimum absolute atomic E-state index is 0.0875. The lowest BCUT2D eigenvalue weighted by Gasteiger charge is -2.15. The first kappa shape index (κ1) is 19.4. The number of likely N-dealkylation sites (tertiary alicyclic amines) is 1. The molecule has 0 bridgehead atoms. The van der Waals surface area contributed by atoms with Crippen molar-refractivity contribution in [3.8, 4) is 17.0 Å². The third kappa shape index (κ3) is 3.98. The molecular weight excluding hydrogens is 388 g/mol. The zero-order valence-electron chi connectivity index (χ0n) is 16.6. The zero-order chi connectivity index (χ0) is 20.4. The van der Waals surface area contributed by atoms with Gasteiger partial charge in [0.15, 0.2) is 0 Å². The van der Waals surface area contributed by atoms with Crippen molar-refractivity contribution in [1.82, 2.24) is 20.0 Å². The van der Waals surface area contributed by atoms with Gasteiger partial charge in [0.25, 0.3) is 5.91 Å². The molecule has 8 heteroatoms. The van der Waals surface area contributed by atoms with E-state index in [0.717, 1.165) is 46.6 Å². The third-order valence-corrected chi connectivity index (χ3v) is 6.34. The summed E-state index contributed by atoms with van der Waals surface area (Å²) in [5.74, 6) is 0.903. The molecule has 3 heterocycles. The quantitative estimate of drug-likeness (QED) is 0.605. The highest BCUT2D eigenvalue weighted by atomic mass is 32.1. The maximum Gasteiger partial charge on any atom is 0.261 e. The van der Waals surface area contributed by atoms with Crippen LogP contribution in [0.2, 0.25) is 0 Å². The minimum atomic E-state index is -0.0875. The number of nitrogens with one attached hydrogen (secondary N) is 1. The predicted octanol–water partition coefficient (Wildman–Crippen LogP) is 3.05. The van der Waals surface area contributed by atoms with Crippen LogP contribution < -0.4 is 10.1 Å². The average Bonchev–Trinajstić information content (AvgIpc) is 3.42. The van der Waals surface area contributed by atoms with E-state index in [0.29, 0.717) is 24.4 Å². The van der Waals surface area contributed by atoms with Crippen LogP contribution in [0.5, 0.6) is 5.75 Å². The molecule has 0 radical (unpaired) electrons. The van der Waals surface area contributed by atoms with E-state index in [2.05, 4.69) is 10.4 Å². The number of fused-ring (bicyclic) bond motifs is 1. The van der Waals surface area contributed by atoms with Crippen molar-refractivity contribution in [1.29, 1.82) is 0 Å². The topological polar surface area (TPSA) is 76.5 Å². The number of hydrogen-bond acceptors (Lipinski definition) is 5. The van der Waals surface area contributed by atoms with Crippen molar-refractivity contribution in [2.45, 2.75) is 19.3 Å². The second-order valence-electron chi connectivity index (χ2n) is 7.13. The lowest BCUT2D eigenvalue weighted by atomic mass is 10.1. The van der Waals surface area contributed by atoms with E-state index in [1.807, 2.05) is 47.0 Å². The van der Waals surface area contributed by atoms with E-state index in [9.17, 15) is 9.59 Å². The van der Waals surface area contributed by atoms with Gasteiger partial charge >= 0.3 is 0 Å². The van der Waals surface area contributed by atoms with Gasteiger partial charge in [0.2, 0.25) is 5.91 Å². The van der Waals surface area contributed by atoms with Gasteiger partial charge in [-0.1, -0.05) is 12.1 Å². The Balaban J connectivity index is 1.45. The molecule has 7 nitrogen and oxygen atoms in total. The molecule has 1 aliphatic rings. The van der Waals surface area contributed by atoms with Crippen molar-refractivity contribution in [2.75, 3.05) is 26.7 Å². The van der Waals surface area contributed by atoms with Gasteiger partial charge in [-0.15, -0.1) is 11.3 Å². The second-order valence-corrected chi connectivity index (χ2v) is 8.16. The van der Waals surface area contributed by atoms with E-state index < -0.39 is 0 Å². The number of benzene rings is 1. The summed E-state index contributed by atoms with van der Waals surface area (Å²) in [7, 11) is 3.52. The van der Waals surface area contributed by atoms with E-state index in [1.165, 1.54) is 11.3 Å². The molecule has 4 rings (SSSR count). The van der Waals surface area contributed by atoms with Crippen molar-refractivity contribution in [3.63, 3.8) is 0 Å². The predicted molar refractivity (Wildman–Crippen MR) is 113 cm³/mol. The summed E-state index contributed by atoms with van der Waals surface area (Å²) in [4.78, 5) is 27.7. The molecule has 1 aromatic carbocycles. The number of amides is 2. The van der Waals surface area contributed by atoms with E-state index in [4.69, 9.17) is 4.74 Å². The van der Waals surface area contributed by atoms with Crippen LogP contribution in [0.1, 0.15) is 28.9 Å². The Labute approximate surface area is 173 Å². The molecule has 0 aliphatic carbocycles. The zero-order valence-corrected chi connectivity index (χ0v) is 17.4. The van der Waals surface area contributed by atoms with Gasteiger partial charge in [0, 0.05) is 44.1 Å². The van der Waals surface area contributed by atoms with Crippen molar-refractivity contribution in [3.05, 3.63) is 35.2 Å². The van der Waals surface area contributed by atoms with Crippen LogP contribution in [0.15, 0.2) is 30.3 Å². The molecule has 2 amide bonds. The molecule has 1 aliphatic heterocycles. The van der Waals surface area contributed by atoms with Crippen molar-refractivity contribution < 1.29 is 14.3 Å². The van der Waals surface area contributed by atoms with Crippen molar-refractivity contribution in [2.24, 2.45) is 7.05 Å². The molecule has 29 heavy (non-hydrogen) atoms. The summed E-state index contributed by atoms with van der Waals surface area (Å²) in [5, 5.41) is 8.55. The fourth-order valence-electron chi connectivity index (χ4n) is 3.64. The molecule has 1 N–H and O–H groups in total. The monoisotopic (exact) mass is 412 g/mol. The van der Waals surface area contributed by atoms with Crippen LogP contribution in [-0.4, -0.2) is 53.2 Å². The molecule has 0 unspecified atom stereocenters. The van der Waals surface area contributed by atoms with E-state index in [-0.39, 0.29) is 11.8 Å². The number of ether oxygens (including phenoxy) is 1. The van der Waals surface area contributed by atoms with Crippen molar-refractivity contribution >= 4 is 33.4 Å². The maximum absolute atomic E-state index is 12.6. The Morgan fingerprint density at radius 2 is 2.21 bits per heavy atom. The Morgan fingerprint density at radius 1 is 1.34 bits per heavy atom. The Morgan fingerprint density at radius 3 is 2.97 bits per heavy atom. The number of aryl methyl sites for hydroxylation is 1. The molecule has 0 spiro atoms. The molecule has 3 aromatic rings. The van der Waals surface area contributed by atoms with Gasteiger partial charge in [0.05, 0.1) is 12.0 Å². The number of rotatable bonds is 7. The fourth-order valence-corrected chi connectivity index (χ4v) is 4.62. The van der Waals surface area contributed by atoms with Crippen LogP contribution in [0.3, 0.4) is 0 Å². The highest BCUT2D eigenvalue weighted by Crippen LogP contribution is 2.34. The van der Waals surface area contributed by atoms with E-state index in [1.54, 1.807) is 7.11 Å². The number of carbonyl (C=O) groups excluding carboxylic acids is 2. The summed E-state index contributed by atoms with van der Waals surface area (Å²) in [6.45, 7) is 2.09. The third-order valence-electron chi connectivity index (χ3n) is 5.14. The summed E-state index contributed by atoms with van der Waals surface area (Å²) in [6, 6.07) is 9.66. The molecule has 1 fully saturated rings. The number of hydrogen-bond donors (Lipinski definition) is 1. The summed E-state index contributed by atoms with van der Waals surface area (Å²) < 4.78 is 7.13. The van der Waals surface area contributed by atoms with E-state index >= 15 is 0 Å². The summed E-state index contributed by atoms with van der Waals surface area (Å²) >= 11 is 1.43. The van der Waals surface area contributed by atoms with Crippen LogP contribution in [-0.2, 0) is 11.8 Å². The Kier molecular flexibility index (Phi) is 5.53. The number of thiophene rings is 1. The standard InChI is InChI=1S/C21H24N4O3S/c1-24-21-16(19(23-24)14-6-3-7-15(12-14)28-2)13-17(29-21)20(27)22-9-5-11-25-10-4-8-18(25)26/h3,6-7,12-13H,4-5,8-11H2,1-2H3,(H,22,27). The summed E-state index contributed by atoms with van der Waals surface area (Å²) in [5.41, 5.74) is 1.79. The molecule has 0 saturated carbocycles. The van der Waals surface area contributed by atoms with Crippen LogP contribution in [0.25, 0.3) is 21.5 Å². The van der Waals surface area contributed by atoms with Gasteiger partial charge in [0.1, 0.15) is 16.3 Å². The van der Waals surface area contributed by atoms with Gasteiger partial charge in [-0.2, -0.15) is 5.10 Å². The van der Waals surface area contributed by atoms with Gasteiger partial charge in [-0.05, 0) is 31.0 Å². The SMILES string of the molecule is COc1cccc(-c2nn(C)c3sc(C(=O)NCCCN4CCCC4=O)cc23)c1. The van der Waals surface area contributed by atoms with Crippen LogP contribution in [0.4, 0.5) is 0 Å². The molecular formula is C21H24N4O3S. The average molecular weight is 413 g/mol. The first-order chi connectivity index (χ1) is 14.1. The largest absolute Gasteiger partial charge is 0.497 e. The number of aromatic nitrogens is 2. The molecule has 1 saturated heterocycles. The van der Waals surface area contributed by atoms with Gasteiger partial charge < -0.3 is 15.0 Å². The number of methoxy groups -OCH3 is 1. The van der Waals surface area contributed by atoms with Gasteiger partial charge in [-0.25, -0.2) is 0 Å². The number of nitrogens with zero attached hydrogens (tertiary/aromatic N) is 3. The summed E-state index contributed by atoms with van der Waals surface area (Å²) in [6.07, 6.45) is 2.35. The lowest BCUT2D eigenvalue weighted by Crippen LogP contribution is -2.30. The Bertz CT molecular complexity index is 1060. The fraction of sp³-hybridized carbons (Fsp3) is 0.381. The first-order valence-corrected chi connectivity index (χ1v) is 10.6. The molecule has 2 aromatic heterocycles. The lowest BCUT2D eigenvalue weighted by molar-refractivity contribution is -0.127. The Hall–Kier alpha value is -2.87. The van der Waals surface area contributed by atoms with Crippen LogP contribution in [0, 0.1) is 0 Å². The molecule has 0 atom stereocenters.